The molecule has 130 valence electrons. The number of rotatable bonds is 6. The summed E-state index contributed by atoms with van der Waals surface area (Å²) in [4.78, 5) is 23.8. The first-order valence-corrected chi connectivity index (χ1v) is 7.81. The number of nitrogens with zero attached hydrogens (tertiary/aromatic N) is 1. The monoisotopic (exact) mass is 339 g/mol. The Kier molecular flexibility index (Phi) is 6.28. The Hall–Kier alpha value is -3.15. The number of ether oxygens (including phenoxy) is 1. The average Bonchev–Trinajstić information content (AvgIpc) is 2.62. The zero-order valence-corrected chi connectivity index (χ0v) is 14.5. The largest absolute Gasteiger partial charge is 0.497 e. The van der Waals surface area contributed by atoms with Crippen molar-refractivity contribution < 1.29 is 14.3 Å². The van der Waals surface area contributed by atoms with Gasteiger partial charge in [-0.05, 0) is 54.8 Å². The first kappa shape index (κ1) is 18.2. The van der Waals surface area contributed by atoms with Crippen LogP contribution in [0.3, 0.4) is 0 Å². The summed E-state index contributed by atoms with van der Waals surface area (Å²) < 4.78 is 5.11. The van der Waals surface area contributed by atoms with Gasteiger partial charge in [-0.1, -0.05) is 18.2 Å². The molecule has 0 fully saturated rings. The molecule has 0 aliphatic heterocycles. The first-order valence-electron chi connectivity index (χ1n) is 7.81. The number of carbonyl (C=O) groups excluding carboxylic acids is 2. The van der Waals surface area contributed by atoms with Crippen molar-refractivity contribution in [3.8, 4) is 5.75 Å². The summed E-state index contributed by atoms with van der Waals surface area (Å²) >= 11 is 0. The molecule has 6 nitrogen and oxygen atoms in total. The molecule has 0 spiro atoms. The third-order valence-electron chi connectivity index (χ3n) is 3.68. The molecule has 2 aromatic rings. The molecule has 6 heteroatoms. The van der Waals surface area contributed by atoms with Gasteiger partial charge in [0.15, 0.2) is 0 Å². The van der Waals surface area contributed by atoms with Crippen molar-refractivity contribution in [1.82, 2.24) is 10.7 Å². The number of carbonyl (C=O) groups is 2. The van der Waals surface area contributed by atoms with Gasteiger partial charge in [0.25, 0.3) is 11.8 Å². The van der Waals surface area contributed by atoms with Crippen LogP contribution in [0.4, 0.5) is 0 Å². The second-order valence-electron chi connectivity index (χ2n) is 5.55. The number of amides is 2. The van der Waals surface area contributed by atoms with E-state index in [9.17, 15) is 9.59 Å². The highest BCUT2D eigenvalue weighted by molar-refractivity contribution is 5.96. The number of aryl methyl sites for hydroxylation is 2. The van der Waals surface area contributed by atoms with Gasteiger partial charge < -0.3 is 10.1 Å². The minimum Gasteiger partial charge on any atom is -0.497 e. The second kappa shape index (κ2) is 8.63. The molecular weight excluding hydrogens is 318 g/mol. The lowest BCUT2D eigenvalue weighted by atomic mass is 10.1. The molecule has 0 radical (unpaired) electrons. The van der Waals surface area contributed by atoms with Gasteiger partial charge in [0.2, 0.25) is 0 Å². The predicted octanol–water partition coefficient (Wildman–Crippen LogP) is 2.19. The highest BCUT2D eigenvalue weighted by Crippen LogP contribution is 2.11. The normalized spacial score (nSPS) is 10.5. The molecule has 2 amide bonds. The smallest absolute Gasteiger partial charge is 0.259 e. The van der Waals surface area contributed by atoms with E-state index in [0.717, 1.165) is 16.7 Å². The van der Waals surface area contributed by atoms with Crippen molar-refractivity contribution in [3.63, 3.8) is 0 Å². The Labute approximate surface area is 146 Å². The standard InChI is InChI=1S/C19H21N3O3/c1-13-7-8-16(9-14(13)2)19(24)20-12-18(23)22-21-11-15-5-4-6-17(10-15)25-3/h4-11H,12H2,1-3H3,(H,20,24)(H,22,23)/b21-11+. The summed E-state index contributed by atoms with van der Waals surface area (Å²) in [6.45, 7) is 3.76. The van der Waals surface area contributed by atoms with E-state index in [4.69, 9.17) is 4.74 Å². The van der Waals surface area contributed by atoms with E-state index in [2.05, 4.69) is 15.8 Å². The van der Waals surface area contributed by atoms with Gasteiger partial charge in [-0.2, -0.15) is 5.10 Å². The Morgan fingerprint density at radius 2 is 1.92 bits per heavy atom. The van der Waals surface area contributed by atoms with Gasteiger partial charge in [0.05, 0.1) is 19.9 Å². The Balaban J connectivity index is 1.82. The van der Waals surface area contributed by atoms with Crippen LogP contribution < -0.4 is 15.5 Å². The van der Waals surface area contributed by atoms with Crippen molar-refractivity contribution in [3.05, 3.63) is 64.7 Å². The molecular formula is C19H21N3O3. The van der Waals surface area contributed by atoms with Crippen LogP contribution in [0, 0.1) is 13.8 Å². The SMILES string of the molecule is COc1cccc(/C=N/NC(=O)CNC(=O)c2ccc(C)c(C)c2)c1. The van der Waals surface area contributed by atoms with E-state index in [1.807, 2.05) is 38.1 Å². The van der Waals surface area contributed by atoms with E-state index in [-0.39, 0.29) is 12.5 Å². The van der Waals surface area contributed by atoms with Crippen LogP contribution in [-0.4, -0.2) is 31.7 Å². The van der Waals surface area contributed by atoms with Gasteiger partial charge in [0.1, 0.15) is 5.75 Å². The number of benzene rings is 2. The highest BCUT2D eigenvalue weighted by Gasteiger charge is 2.08. The van der Waals surface area contributed by atoms with Crippen molar-refractivity contribution in [2.45, 2.75) is 13.8 Å². The number of hydrogen-bond acceptors (Lipinski definition) is 4. The minimum atomic E-state index is -0.406. The summed E-state index contributed by atoms with van der Waals surface area (Å²) in [5.41, 5.74) is 5.83. The lowest BCUT2D eigenvalue weighted by Crippen LogP contribution is -2.34. The van der Waals surface area contributed by atoms with Crippen LogP contribution in [0.1, 0.15) is 27.0 Å². The number of hydrogen-bond donors (Lipinski definition) is 2. The fourth-order valence-corrected chi connectivity index (χ4v) is 2.09. The molecule has 0 aliphatic rings. The van der Waals surface area contributed by atoms with Crippen molar-refractivity contribution in [1.29, 1.82) is 0 Å². The van der Waals surface area contributed by atoms with Crippen LogP contribution in [0.2, 0.25) is 0 Å². The first-order chi connectivity index (χ1) is 12.0. The predicted molar refractivity (Wildman–Crippen MR) is 97.0 cm³/mol. The summed E-state index contributed by atoms with van der Waals surface area (Å²) in [5, 5.41) is 6.43. The number of nitrogens with one attached hydrogen (secondary N) is 2. The van der Waals surface area contributed by atoms with Gasteiger partial charge in [-0.15, -0.1) is 0 Å². The average molecular weight is 339 g/mol. The Morgan fingerprint density at radius 3 is 2.64 bits per heavy atom. The molecule has 2 rings (SSSR count). The maximum absolute atomic E-state index is 12.0. The molecule has 0 atom stereocenters. The van der Waals surface area contributed by atoms with Gasteiger partial charge in [0, 0.05) is 5.56 Å². The van der Waals surface area contributed by atoms with E-state index in [1.54, 1.807) is 25.3 Å². The summed E-state index contributed by atoms with van der Waals surface area (Å²) in [7, 11) is 1.58. The van der Waals surface area contributed by atoms with E-state index in [0.29, 0.717) is 11.3 Å². The van der Waals surface area contributed by atoms with Crippen LogP contribution in [0.25, 0.3) is 0 Å². The van der Waals surface area contributed by atoms with Gasteiger partial charge in [-0.3, -0.25) is 9.59 Å². The molecule has 2 N–H and O–H groups in total. The topological polar surface area (TPSA) is 79.8 Å². The molecule has 0 unspecified atom stereocenters. The van der Waals surface area contributed by atoms with Crippen LogP contribution in [0.15, 0.2) is 47.6 Å². The molecule has 0 saturated carbocycles. The quantitative estimate of drug-likeness (QED) is 0.625. The van der Waals surface area contributed by atoms with E-state index in [1.165, 1.54) is 6.21 Å². The van der Waals surface area contributed by atoms with Crippen molar-refractivity contribution >= 4 is 18.0 Å². The van der Waals surface area contributed by atoms with Crippen molar-refractivity contribution in [2.75, 3.05) is 13.7 Å². The molecule has 0 saturated heterocycles. The molecule has 0 aromatic heterocycles. The van der Waals surface area contributed by atoms with Crippen LogP contribution >= 0.6 is 0 Å². The number of hydrazone groups is 1. The third kappa shape index (κ3) is 5.46. The zero-order chi connectivity index (χ0) is 18.2. The fourth-order valence-electron chi connectivity index (χ4n) is 2.09. The third-order valence-corrected chi connectivity index (χ3v) is 3.68. The maximum Gasteiger partial charge on any atom is 0.259 e. The minimum absolute atomic E-state index is 0.152. The summed E-state index contributed by atoms with van der Waals surface area (Å²) in [6.07, 6.45) is 1.51. The lowest BCUT2D eigenvalue weighted by Gasteiger charge is -2.06. The second-order valence-corrected chi connectivity index (χ2v) is 5.55. The highest BCUT2D eigenvalue weighted by atomic mass is 16.5. The molecule has 0 aliphatic carbocycles. The fraction of sp³-hybridized carbons (Fsp3) is 0.211. The molecule has 0 heterocycles. The van der Waals surface area contributed by atoms with Gasteiger partial charge in [-0.25, -0.2) is 5.43 Å². The lowest BCUT2D eigenvalue weighted by molar-refractivity contribution is -0.120. The van der Waals surface area contributed by atoms with Crippen molar-refractivity contribution in [2.24, 2.45) is 5.10 Å². The Bertz CT molecular complexity index is 800. The summed E-state index contributed by atoms with van der Waals surface area (Å²) in [6, 6.07) is 12.7. The van der Waals surface area contributed by atoms with Crippen LogP contribution in [0.5, 0.6) is 5.75 Å². The van der Waals surface area contributed by atoms with E-state index < -0.39 is 5.91 Å². The Morgan fingerprint density at radius 1 is 1.12 bits per heavy atom. The summed E-state index contributed by atoms with van der Waals surface area (Å²) in [5.74, 6) is 0.00212. The number of methoxy groups -OCH3 is 1. The van der Waals surface area contributed by atoms with Crippen LogP contribution in [-0.2, 0) is 4.79 Å². The van der Waals surface area contributed by atoms with E-state index >= 15 is 0 Å². The van der Waals surface area contributed by atoms with Gasteiger partial charge >= 0.3 is 0 Å². The maximum atomic E-state index is 12.0. The zero-order valence-electron chi connectivity index (χ0n) is 14.5. The molecule has 2 aromatic carbocycles. The molecule has 0 bridgehead atoms. The molecule has 25 heavy (non-hydrogen) atoms.